The van der Waals surface area contributed by atoms with Crippen molar-refractivity contribution in [3.63, 3.8) is 0 Å². The van der Waals surface area contributed by atoms with Crippen LogP contribution in [-0.2, 0) is 6.73 Å². The van der Waals surface area contributed by atoms with Crippen molar-refractivity contribution in [1.82, 2.24) is 24.4 Å². The Morgan fingerprint density at radius 1 is 1.23 bits per heavy atom. The zero-order valence-corrected chi connectivity index (χ0v) is 14.2. The van der Waals surface area contributed by atoms with Gasteiger partial charge >= 0.3 is 0 Å². The predicted octanol–water partition coefficient (Wildman–Crippen LogP) is 2.87. The number of anilines is 1. The smallest absolute Gasteiger partial charge is 0.261 e. The van der Waals surface area contributed by atoms with Gasteiger partial charge in [0.15, 0.2) is 12.4 Å². The van der Waals surface area contributed by atoms with Crippen LogP contribution in [0.25, 0.3) is 5.65 Å². The van der Waals surface area contributed by atoms with Crippen LogP contribution in [0.2, 0.25) is 5.02 Å². The van der Waals surface area contributed by atoms with Gasteiger partial charge < -0.3 is 10.1 Å². The zero-order valence-electron chi connectivity index (χ0n) is 13.4. The van der Waals surface area contributed by atoms with Gasteiger partial charge in [-0.3, -0.25) is 4.79 Å². The number of ether oxygens (including phenoxy) is 1. The van der Waals surface area contributed by atoms with Gasteiger partial charge in [-0.15, -0.1) is 0 Å². The number of halogens is 1. The minimum atomic E-state index is -0.311. The van der Waals surface area contributed by atoms with Gasteiger partial charge in [0.2, 0.25) is 0 Å². The van der Waals surface area contributed by atoms with Crippen molar-refractivity contribution in [1.29, 1.82) is 0 Å². The first-order valence-electron chi connectivity index (χ1n) is 7.69. The average molecular weight is 369 g/mol. The van der Waals surface area contributed by atoms with Gasteiger partial charge in [-0.05, 0) is 24.3 Å². The standard InChI is InChI=1S/C17H13ClN6O2/c18-12-3-1-4-14(7-12)26-11-23-10-13(8-20-23)22-17(25)15-9-21-24-6-2-5-19-16(15)24/h1-10H,11H2,(H,22,25). The van der Waals surface area contributed by atoms with Crippen LogP contribution in [0.15, 0.2) is 61.3 Å². The molecule has 0 fully saturated rings. The maximum Gasteiger partial charge on any atom is 0.261 e. The summed E-state index contributed by atoms with van der Waals surface area (Å²) in [6.07, 6.45) is 8.02. The Morgan fingerprint density at radius 2 is 2.15 bits per heavy atom. The molecule has 0 aliphatic rings. The van der Waals surface area contributed by atoms with E-state index in [1.165, 1.54) is 10.7 Å². The van der Waals surface area contributed by atoms with E-state index in [4.69, 9.17) is 16.3 Å². The molecule has 8 nitrogen and oxygen atoms in total. The molecule has 1 N–H and O–H groups in total. The molecule has 0 saturated heterocycles. The van der Waals surface area contributed by atoms with Crippen molar-refractivity contribution in [3.8, 4) is 5.75 Å². The van der Waals surface area contributed by atoms with Crippen LogP contribution in [0.3, 0.4) is 0 Å². The third-order valence-corrected chi connectivity index (χ3v) is 3.81. The predicted molar refractivity (Wildman–Crippen MR) is 95.2 cm³/mol. The van der Waals surface area contributed by atoms with Gasteiger partial charge in [0.05, 0.1) is 24.3 Å². The fourth-order valence-corrected chi connectivity index (χ4v) is 2.56. The molecule has 0 radical (unpaired) electrons. The van der Waals surface area contributed by atoms with Crippen LogP contribution >= 0.6 is 11.6 Å². The highest BCUT2D eigenvalue weighted by Crippen LogP contribution is 2.18. The first-order valence-corrected chi connectivity index (χ1v) is 8.07. The van der Waals surface area contributed by atoms with E-state index < -0.39 is 0 Å². The van der Waals surface area contributed by atoms with Crippen molar-refractivity contribution >= 4 is 28.8 Å². The number of fused-ring (bicyclic) bond motifs is 1. The highest BCUT2D eigenvalue weighted by atomic mass is 35.5. The minimum Gasteiger partial charge on any atom is -0.471 e. The van der Waals surface area contributed by atoms with E-state index >= 15 is 0 Å². The van der Waals surface area contributed by atoms with Crippen molar-refractivity contribution < 1.29 is 9.53 Å². The van der Waals surface area contributed by atoms with E-state index in [-0.39, 0.29) is 12.6 Å². The number of rotatable bonds is 5. The lowest BCUT2D eigenvalue weighted by Crippen LogP contribution is -2.11. The molecule has 0 saturated carbocycles. The molecule has 0 aliphatic heterocycles. The summed E-state index contributed by atoms with van der Waals surface area (Å²) in [7, 11) is 0. The number of aromatic nitrogens is 5. The monoisotopic (exact) mass is 368 g/mol. The molecule has 0 bridgehead atoms. The number of amides is 1. The second-order valence-corrected chi connectivity index (χ2v) is 5.84. The van der Waals surface area contributed by atoms with Crippen LogP contribution in [0.5, 0.6) is 5.75 Å². The SMILES string of the molecule is O=C(Nc1cnn(COc2cccc(Cl)c2)c1)c1cnn2cccnc12. The van der Waals surface area contributed by atoms with Crippen LogP contribution < -0.4 is 10.1 Å². The number of carbonyl (C=O) groups excluding carboxylic acids is 1. The summed E-state index contributed by atoms with van der Waals surface area (Å²) in [5.74, 6) is 0.324. The van der Waals surface area contributed by atoms with E-state index in [9.17, 15) is 4.79 Å². The van der Waals surface area contributed by atoms with Crippen molar-refractivity contribution in [2.24, 2.45) is 0 Å². The Bertz CT molecular complexity index is 1070. The maximum absolute atomic E-state index is 12.4. The van der Waals surface area contributed by atoms with Crippen LogP contribution in [-0.4, -0.2) is 30.3 Å². The Morgan fingerprint density at radius 3 is 3.04 bits per heavy atom. The molecule has 9 heteroatoms. The zero-order chi connectivity index (χ0) is 17.9. The number of benzene rings is 1. The van der Waals surface area contributed by atoms with Crippen LogP contribution in [0.1, 0.15) is 10.4 Å². The highest BCUT2D eigenvalue weighted by molar-refractivity contribution is 6.30. The summed E-state index contributed by atoms with van der Waals surface area (Å²) in [4.78, 5) is 16.6. The van der Waals surface area contributed by atoms with Crippen LogP contribution in [0.4, 0.5) is 5.69 Å². The lowest BCUT2D eigenvalue weighted by atomic mass is 10.3. The van der Waals surface area contributed by atoms with E-state index in [0.29, 0.717) is 27.7 Å². The third-order valence-electron chi connectivity index (χ3n) is 3.57. The molecule has 4 aromatic rings. The number of nitrogens with one attached hydrogen (secondary N) is 1. The van der Waals surface area contributed by atoms with Gasteiger partial charge in [-0.25, -0.2) is 14.2 Å². The number of nitrogens with zero attached hydrogens (tertiary/aromatic N) is 5. The molecule has 26 heavy (non-hydrogen) atoms. The molecule has 0 atom stereocenters. The van der Waals surface area contributed by atoms with Crippen molar-refractivity contribution in [2.75, 3.05) is 5.32 Å². The van der Waals surface area contributed by atoms with E-state index in [1.807, 2.05) is 0 Å². The Hall–Kier alpha value is -3.39. The summed E-state index contributed by atoms with van der Waals surface area (Å²) < 4.78 is 8.70. The molecule has 1 aromatic carbocycles. The molecule has 3 heterocycles. The first kappa shape index (κ1) is 16.1. The fourth-order valence-electron chi connectivity index (χ4n) is 2.38. The summed E-state index contributed by atoms with van der Waals surface area (Å²) in [5, 5.41) is 11.6. The van der Waals surface area contributed by atoms with Crippen LogP contribution in [0, 0.1) is 0 Å². The van der Waals surface area contributed by atoms with E-state index in [1.54, 1.807) is 59.8 Å². The molecule has 130 valence electrons. The largest absolute Gasteiger partial charge is 0.471 e. The molecular weight excluding hydrogens is 356 g/mol. The quantitative estimate of drug-likeness (QED) is 0.585. The van der Waals surface area contributed by atoms with Gasteiger partial charge in [0.1, 0.15) is 11.3 Å². The normalized spacial score (nSPS) is 10.8. The van der Waals surface area contributed by atoms with E-state index in [0.717, 1.165) is 0 Å². The molecule has 0 spiro atoms. The van der Waals surface area contributed by atoms with E-state index in [2.05, 4.69) is 20.5 Å². The van der Waals surface area contributed by atoms with Crippen molar-refractivity contribution in [3.05, 3.63) is 71.9 Å². The second kappa shape index (κ2) is 6.85. The Kier molecular flexibility index (Phi) is 4.24. The second-order valence-electron chi connectivity index (χ2n) is 5.40. The molecule has 0 aliphatic carbocycles. The Labute approximate surface area is 153 Å². The minimum absolute atomic E-state index is 0.189. The topological polar surface area (TPSA) is 86.3 Å². The van der Waals surface area contributed by atoms with Gasteiger partial charge in [-0.2, -0.15) is 10.2 Å². The summed E-state index contributed by atoms with van der Waals surface area (Å²) >= 11 is 5.92. The summed E-state index contributed by atoms with van der Waals surface area (Å²) in [5.41, 5.74) is 1.41. The Balaban J connectivity index is 1.42. The summed E-state index contributed by atoms with van der Waals surface area (Å²) in [6, 6.07) is 8.83. The third kappa shape index (κ3) is 3.35. The first-order chi connectivity index (χ1) is 12.7. The number of carbonyl (C=O) groups is 1. The lowest BCUT2D eigenvalue weighted by molar-refractivity contribution is 0.102. The molecule has 0 unspecified atom stereocenters. The maximum atomic E-state index is 12.4. The average Bonchev–Trinajstić information content (AvgIpc) is 3.26. The molecule has 3 aromatic heterocycles. The lowest BCUT2D eigenvalue weighted by Gasteiger charge is -2.06. The van der Waals surface area contributed by atoms with Gasteiger partial charge in [0, 0.05) is 17.4 Å². The molecular formula is C17H13ClN6O2. The van der Waals surface area contributed by atoms with Gasteiger partial charge in [-0.1, -0.05) is 17.7 Å². The molecule has 1 amide bonds. The van der Waals surface area contributed by atoms with Gasteiger partial charge in [0.25, 0.3) is 5.91 Å². The number of hydrogen-bond donors (Lipinski definition) is 1. The number of hydrogen-bond acceptors (Lipinski definition) is 5. The van der Waals surface area contributed by atoms with Crippen molar-refractivity contribution in [2.45, 2.75) is 6.73 Å². The summed E-state index contributed by atoms with van der Waals surface area (Å²) in [6.45, 7) is 0.189. The molecule has 4 rings (SSSR count). The fraction of sp³-hybridized carbons (Fsp3) is 0.0588. The highest BCUT2D eigenvalue weighted by Gasteiger charge is 2.14.